The number of carboxylic acid groups (broad SMARTS) is 1. The third-order valence-corrected chi connectivity index (χ3v) is 8.12. The van der Waals surface area contributed by atoms with E-state index in [1.165, 1.54) is 16.2 Å². The van der Waals surface area contributed by atoms with Crippen molar-refractivity contribution in [3.05, 3.63) is 75.6 Å². The summed E-state index contributed by atoms with van der Waals surface area (Å²) in [7, 11) is 0. The average Bonchev–Trinajstić information content (AvgIpc) is 3.52. The van der Waals surface area contributed by atoms with Gasteiger partial charge in [0.05, 0.1) is 12.7 Å². The number of halogens is 1. The van der Waals surface area contributed by atoms with Crippen LogP contribution in [0.4, 0.5) is 4.79 Å². The van der Waals surface area contributed by atoms with Crippen molar-refractivity contribution in [1.82, 2.24) is 9.88 Å². The predicted octanol–water partition coefficient (Wildman–Crippen LogP) is 6.21. The molecule has 34 heavy (non-hydrogen) atoms. The van der Waals surface area contributed by atoms with E-state index in [1.807, 2.05) is 36.4 Å². The van der Waals surface area contributed by atoms with Gasteiger partial charge in [-0.1, -0.05) is 65.5 Å². The van der Waals surface area contributed by atoms with Crippen molar-refractivity contribution in [3.8, 4) is 0 Å². The molecule has 1 amide bonds. The Hall–Kier alpha value is -2.16. The Bertz CT molecular complexity index is 1060. The Morgan fingerprint density at radius 3 is 2.56 bits per heavy atom. The van der Waals surface area contributed by atoms with E-state index < -0.39 is 11.7 Å². The van der Waals surface area contributed by atoms with Crippen LogP contribution in [0.2, 0.25) is 0 Å². The lowest BCUT2D eigenvalue weighted by molar-refractivity contribution is -0.0239. The number of aromatic nitrogens is 1. The van der Waals surface area contributed by atoms with Crippen molar-refractivity contribution in [3.63, 3.8) is 0 Å². The first kappa shape index (κ1) is 24.9. The van der Waals surface area contributed by atoms with Crippen LogP contribution in [0, 0.1) is 5.92 Å². The summed E-state index contributed by atoms with van der Waals surface area (Å²) in [5.74, 6) is 0.927. The Balaban J connectivity index is 1.48. The number of thiophene rings is 1. The zero-order valence-electron chi connectivity index (χ0n) is 19.2. The zero-order valence-corrected chi connectivity index (χ0v) is 21.6. The van der Waals surface area contributed by atoms with Gasteiger partial charge >= 0.3 is 6.09 Å². The van der Waals surface area contributed by atoms with Gasteiger partial charge in [0.15, 0.2) is 5.60 Å². The summed E-state index contributed by atoms with van der Waals surface area (Å²) in [6, 6.07) is 13.7. The predicted molar refractivity (Wildman–Crippen MR) is 136 cm³/mol. The van der Waals surface area contributed by atoms with Gasteiger partial charge in [-0.15, -0.1) is 11.3 Å². The molecular formula is C26H31BrN2O4S. The van der Waals surface area contributed by atoms with E-state index in [9.17, 15) is 15.0 Å². The highest BCUT2D eigenvalue weighted by Gasteiger charge is 2.44. The van der Waals surface area contributed by atoms with E-state index in [1.54, 1.807) is 17.5 Å². The number of alkyl halides is 1. The van der Waals surface area contributed by atoms with Crippen LogP contribution in [-0.2, 0) is 25.0 Å². The zero-order chi connectivity index (χ0) is 24.0. The maximum absolute atomic E-state index is 11.9. The smallest absolute Gasteiger partial charge is 0.407 e. The topological polar surface area (TPSA) is 86.8 Å². The molecule has 4 rings (SSSR count). The number of aliphatic hydroxyl groups is 1. The van der Waals surface area contributed by atoms with E-state index in [0.717, 1.165) is 47.9 Å². The average molecular weight is 548 g/mol. The second-order valence-corrected chi connectivity index (χ2v) is 10.9. The first-order valence-corrected chi connectivity index (χ1v) is 13.8. The van der Waals surface area contributed by atoms with Crippen LogP contribution in [0.3, 0.4) is 0 Å². The van der Waals surface area contributed by atoms with Crippen molar-refractivity contribution in [2.75, 3.05) is 11.9 Å². The van der Waals surface area contributed by atoms with Gasteiger partial charge in [-0.2, -0.15) is 0 Å². The van der Waals surface area contributed by atoms with Crippen LogP contribution in [0.25, 0.3) is 0 Å². The van der Waals surface area contributed by atoms with Gasteiger partial charge in [0, 0.05) is 34.0 Å². The highest BCUT2D eigenvalue weighted by molar-refractivity contribution is 9.09. The molecule has 182 valence electrons. The van der Waals surface area contributed by atoms with E-state index >= 15 is 0 Å². The summed E-state index contributed by atoms with van der Waals surface area (Å²) >= 11 is 5.09. The minimum atomic E-state index is -1.28. The van der Waals surface area contributed by atoms with Crippen molar-refractivity contribution < 1.29 is 19.4 Å². The number of oxazole rings is 1. The fourth-order valence-corrected chi connectivity index (χ4v) is 6.48. The molecule has 0 saturated heterocycles. The molecule has 3 aromatic rings. The largest absolute Gasteiger partial charge is 0.465 e. The maximum Gasteiger partial charge on any atom is 0.407 e. The molecule has 1 saturated carbocycles. The molecule has 1 aliphatic rings. The van der Waals surface area contributed by atoms with Gasteiger partial charge in [0.25, 0.3) is 0 Å². The molecule has 0 spiro atoms. The number of carbonyl (C=O) groups is 1. The van der Waals surface area contributed by atoms with Gasteiger partial charge in [0.2, 0.25) is 5.89 Å². The molecule has 0 bridgehead atoms. The third kappa shape index (κ3) is 5.73. The van der Waals surface area contributed by atoms with Crippen molar-refractivity contribution >= 4 is 33.4 Å². The molecule has 0 radical (unpaired) electrons. The molecule has 2 heterocycles. The molecule has 1 atom stereocenters. The molecule has 2 N–H and O–H groups in total. The molecule has 1 aromatic carbocycles. The van der Waals surface area contributed by atoms with Crippen LogP contribution < -0.4 is 0 Å². The molecule has 0 unspecified atom stereocenters. The summed E-state index contributed by atoms with van der Waals surface area (Å²) in [4.78, 5) is 20.0. The number of amides is 1. The van der Waals surface area contributed by atoms with Gasteiger partial charge in [0.1, 0.15) is 5.76 Å². The standard InChI is InChI=1S/C26H31BrN2O4S/c27-15-13-22-11-12-23(34-22)18-29(25(30)31)16-14-21-17-28-24(33-21)26(32,19-7-3-1-4-8-19)20-9-5-2-6-10-20/h1,3-4,7-8,11-12,17,20,32H,2,5-6,9-10,13-16,18H2,(H,30,31)/t26-/m0/s1. The molecule has 8 heteroatoms. The summed E-state index contributed by atoms with van der Waals surface area (Å²) in [6.45, 7) is 0.641. The monoisotopic (exact) mass is 546 g/mol. The lowest BCUT2D eigenvalue weighted by atomic mass is 9.73. The Morgan fingerprint density at radius 2 is 1.85 bits per heavy atom. The minimum Gasteiger partial charge on any atom is -0.465 e. The fourth-order valence-electron chi connectivity index (χ4n) is 4.76. The van der Waals surface area contributed by atoms with Crippen LogP contribution in [0.1, 0.15) is 59.1 Å². The minimum absolute atomic E-state index is 0.0400. The summed E-state index contributed by atoms with van der Waals surface area (Å²) in [5.41, 5.74) is -0.491. The fraction of sp³-hybridized carbons (Fsp3) is 0.462. The Morgan fingerprint density at radius 1 is 1.12 bits per heavy atom. The van der Waals surface area contributed by atoms with Crippen molar-refractivity contribution in [1.29, 1.82) is 0 Å². The molecule has 2 aromatic heterocycles. The molecule has 0 aliphatic heterocycles. The number of hydrogen-bond donors (Lipinski definition) is 2. The van der Waals surface area contributed by atoms with Crippen LogP contribution >= 0.6 is 27.3 Å². The second-order valence-electron chi connectivity index (χ2n) is 8.86. The Labute approximate surface area is 212 Å². The SMILES string of the molecule is O=C(O)N(CCc1cnc([C@](O)(c2ccccc2)C2CCCCC2)o1)Cc1ccc(CCBr)s1. The number of aryl methyl sites for hydroxylation is 1. The first-order chi connectivity index (χ1) is 16.5. The number of rotatable bonds is 10. The van der Waals surface area contributed by atoms with E-state index in [2.05, 4.69) is 27.0 Å². The van der Waals surface area contributed by atoms with E-state index in [-0.39, 0.29) is 5.92 Å². The number of benzene rings is 1. The number of nitrogens with zero attached hydrogens (tertiary/aromatic N) is 2. The maximum atomic E-state index is 11.9. The highest BCUT2D eigenvalue weighted by atomic mass is 79.9. The lowest BCUT2D eigenvalue weighted by Crippen LogP contribution is -2.38. The van der Waals surface area contributed by atoms with Crippen molar-refractivity contribution in [2.24, 2.45) is 5.92 Å². The van der Waals surface area contributed by atoms with Crippen LogP contribution in [-0.4, -0.2) is 38.1 Å². The lowest BCUT2D eigenvalue weighted by Gasteiger charge is -2.36. The molecule has 6 nitrogen and oxygen atoms in total. The van der Waals surface area contributed by atoms with Crippen LogP contribution in [0.15, 0.2) is 53.1 Å². The van der Waals surface area contributed by atoms with Gasteiger partial charge < -0.3 is 19.5 Å². The first-order valence-electron chi connectivity index (χ1n) is 11.8. The highest BCUT2D eigenvalue weighted by Crippen LogP contribution is 2.43. The quantitative estimate of drug-likeness (QED) is 0.295. The van der Waals surface area contributed by atoms with E-state index in [0.29, 0.717) is 31.2 Å². The molecule has 1 aliphatic carbocycles. The van der Waals surface area contributed by atoms with Crippen LogP contribution in [0.5, 0.6) is 0 Å². The van der Waals surface area contributed by atoms with Gasteiger partial charge in [-0.3, -0.25) is 0 Å². The number of hydrogen-bond acceptors (Lipinski definition) is 5. The van der Waals surface area contributed by atoms with E-state index in [4.69, 9.17) is 4.42 Å². The molecule has 1 fully saturated rings. The van der Waals surface area contributed by atoms with Crippen molar-refractivity contribution in [2.45, 2.75) is 57.1 Å². The summed E-state index contributed by atoms with van der Waals surface area (Å²) < 4.78 is 6.09. The summed E-state index contributed by atoms with van der Waals surface area (Å²) in [5, 5.41) is 22.5. The Kier molecular flexibility index (Phi) is 8.45. The summed E-state index contributed by atoms with van der Waals surface area (Å²) in [6.07, 6.45) is 7.21. The third-order valence-electron chi connectivity index (χ3n) is 6.59. The van der Waals surface area contributed by atoms with Gasteiger partial charge in [-0.25, -0.2) is 9.78 Å². The second kappa shape index (κ2) is 11.5. The molecular weight excluding hydrogens is 516 g/mol. The van der Waals surface area contributed by atoms with Gasteiger partial charge in [-0.05, 0) is 37.0 Å². The normalized spacial score (nSPS) is 16.3.